The molecule has 35 heavy (non-hydrogen) atoms. The number of benzene rings is 1. The van der Waals surface area contributed by atoms with E-state index in [2.05, 4.69) is 33.7 Å². The van der Waals surface area contributed by atoms with Gasteiger partial charge in [0, 0.05) is 5.56 Å². The second kappa shape index (κ2) is 13.2. The van der Waals surface area contributed by atoms with Crippen molar-refractivity contribution < 1.29 is 29.0 Å². The van der Waals surface area contributed by atoms with Gasteiger partial charge < -0.3 is 14.6 Å². The van der Waals surface area contributed by atoms with E-state index < -0.39 is 29.5 Å². The molecule has 0 aliphatic carbocycles. The number of hydrogen-bond acceptors (Lipinski definition) is 8. The Morgan fingerprint density at radius 3 is 2.17 bits per heavy atom. The Hall–Kier alpha value is -2.93. The smallest absolute Gasteiger partial charge is 0.413 e. The fraction of sp³-hybridized carbons (Fsp3) is 0.609. The van der Waals surface area contributed by atoms with Gasteiger partial charge in [-0.1, -0.05) is 39.0 Å². The molecule has 0 spiro atoms. The summed E-state index contributed by atoms with van der Waals surface area (Å²) in [6, 6.07) is 6.55. The molecule has 0 radical (unpaired) electrons. The Bertz CT molecular complexity index is 847. The molecular formula is C23H38N6O6. The molecule has 2 rings (SSSR count). The highest BCUT2D eigenvalue weighted by Gasteiger charge is 2.62. The first-order valence-electron chi connectivity index (χ1n) is 11.9. The molecule has 6 N–H and O–H groups in total. The van der Waals surface area contributed by atoms with Gasteiger partial charge in [-0.25, -0.2) is 9.69 Å². The number of ether oxygens (including phenoxy) is 2. The van der Waals surface area contributed by atoms with Crippen LogP contribution in [-0.2, 0) is 9.53 Å². The van der Waals surface area contributed by atoms with Crippen LogP contribution in [0.4, 0.5) is 4.79 Å². The van der Waals surface area contributed by atoms with Gasteiger partial charge in [-0.15, -0.1) is 0 Å². The molecule has 1 atom stereocenters. The largest absolute Gasteiger partial charge is 0.494 e. The van der Waals surface area contributed by atoms with Crippen molar-refractivity contribution in [1.82, 2.24) is 31.7 Å². The van der Waals surface area contributed by atoms with Gasteiger partial charge in [-0.05, 0) is 51.8 Å². The molecule has 1 aromatic rings. The van der Waals surface area contributed by atoms with Crippen molar-refractivity contribution >= 4 is 17.9 Å². The van der Waals surface area contributed by atoms with Crippen LogP contribution in [0.25, 0.3) is 0 Å². The minimum absolute atomic E-state index is 0.299. The van der Waals surface area contributed by atoms with E-state index >= 15 is 0 Å². The van der Waals surface area contributed by atoms with Gasteiger partial charge in [-0.2, -0.15) is 0 Å². The number of unbranched alkanes of at least 4 members (excludes halogenated alkanes) is 5. The van der Waals surface area contributed by atoms with Gasteiger partial charge >= 0.3 is 6.09 Å². The van der Waals surface area contributed by atoms with Crippen molar-refractivity contribution in [2.75, 3.05) is 34.4 Å². The second-order valence-corrected chi connectivity index (χ2v) is 8.21. The number of carboxylic acid groups (broad SMARTS) is 1. The van der Waals surface area contributed by atoms with Crippen LogP contribution >= 0.6 is 0 Å². The maximum atomic E-state index is 13.0. The highest BCUT2D eigenvalue weighted by molar-refractivity contribution is 5.97. The average Bonchev–Trinajstić information content (AvgIpc) is 3.23. The van der Waals surface area contributed by atoms with Gasteiger partial charge in [0.2, 0.25) is 5.66 Å². The van der Waals surface area contributed by atoms with Crippen LogP contribution in [0.3, 0.4) is 0 Å². The van der Waals surface area contributed by atoms with Crippen LogP contribution in [0.1, 0.15) is 55.8 Å². The number of amides is 3. The molecule has 12 nitrogen and oxygen atoms in total. The van der Waals surface area contributed by atoms with E-state index in [9.17, 15) is 19.5 Å². The Balaban J connectivity index is 1.92. The van der Waals surface area contributed by atoms with Crippen molar-refractivity contribution in [2.45, 2.75) is 57.1 Å². The fourth-order valence-electron chi connectivity index (χ4n) is 3.93. The van der Waals surface area contributed by atoms with E-state index in [-0.39, 0.29) is 6.61 Å². The maximum absolute atomic E-state index is 13.0. The number of nitrogens with one attached hydrogen (secondary N) is 5. The number of rotatable bonds is 13. The monoisotopic (exact) mass is 494 g/mol. The lowest BCUT2D eigenvalue weighted by Gasteiger charge is -2.40. The van der Waals surface area contributed by atoms with Crippen LogP contribution in [-0.4, -0.2) is 73.9 Å². The van der Waals surface area contributed by atoms with E-state index in [1.54, 1.807) is 24.3 Å². The SMILES string of the molecule is CCCCCCCCOc1ccc(C(=O)NNC(=O)[C@]2(NC)COC(NC)(NC)N2C(=O)O)cc1. The zero-order valence-electron chi connectivity index (χ0n) is 20.9. The quantitative estimate of drug-likeness (QED) is 0.135. The molecule has 0 aromatic heterocycles. The van der Waals surface area contributed by atoms with Gasteiger partial charge in [0.05, 0.1) is 13.2 Å². The molecule has 1 heterocycles. The van der Waals surface area contributed by atoms with Crippen molar-refractivity contribution in [1.29, 1.82) is 0 Å². The molecule has 196 valence electrons. The van der Waals surface area contributed by atoms with Crippen molar-refractivity contribution in [3.05, 3.63) is 29.8 Å². The van der Waals surface area contributed by atoms with Crippen molar-refractivity contribution in [2.24, 2.45) is 0 Å². The summed E-state index contributed by atoms with van der Waals surface area (Å²) >= 11 is 0. The van der Waals surface area contributed by atoms with E-state index in [1.165, 1.54) is 46.8 Å². The molecule has 1 fully saturated rings. The number of likely N-dealkylation sites (N-methyl/N-ethyl adjacent to an activating group) is 1. The van der Waals surface area contributed by atoms with E-state index in [1.807, 2.05) is 0 Å². The number of nitrogens with zero attached hydrogens (tertiary/aromatic N) is 1. The summed E-state index contributed by atoms with van der Waals surface area (Å²) in [6.07, 6.45) is 5.63. The number of carbonyl (C=O) groups excluding carboxylic acids is 2. The van der Waals surface area contributed by atoms with Crippen LogP contribution in [0, 0.1) is 0 Å². The fourth-order valence-corrected chi connectivity index (χ4v) is 3.93. The molecule has 0 saturated carbocycles. The van der Waals surface area contributed by atoms with Crippen molar-refractivity contribution in [3.63, 3.8) is 0 Å². The Labute approximate surface area is 206 Å². The summed E-state index contributed by atoms with van der Waals surface area (Å²) in [6.45, 7) is 2.49. The normalized spacial score (nSPS) is 18.8. The zero-order chi connectivity index (χ0) is 25.9. The molecule has 1 aliphatic heterocycles. The molecule has 1 aromatic carbocycles. The third kappa shape index (κ3) is 6.60. The third-order valence-electron chi connectivity index (χ3n) is 6.02. The summed E-state index contributed by atoms with van der Waals surface area (Å²) in [5.41, 5.74) is 3.10. The second-order valence-electron chi connectivity index (χ2n) is 8.21. The molecule has 1 saturated heterocycles. The van der Waals surface area contributed by atoms with Crippen molar-refractivity contribution in [3.8, 4) is 5.75 Å². The highest BCUT2D eigenvalue weighted by atomic mass is 16.6. The summed E-state index contributed by atoms with van der Waals surface area (Å²) < 4.78 is 11.3. The summed E-state index contributed by atoms with van der Waals surface area (Å²) in [4.78, 5) is 38.3. The molecular weight excluding hydrogens is 456 g/mol. The van der Waals surface area contributed by atoms with Crippen LogP contribution in [0.2, 0.25) is 0 Å². The topological polar surface area (TPSA) is 153 Å². The van der Waals surface area contributed by atoms with Crippen LogP contribution in [0.5, 0.6) is 5.75 Å². The minimum atomic E-state index is -1.81. The summed E-state index contributed by atoms with van der Waals surface area (Å²) in [5, 5.41) is 17.9. The van der Waals surface area contributed by atoms with Crippen LogP contribution < -0.4 is 31.5 Å². The Morgan fingerprint density at radius 1 is 0.971 bits per heavy atom. The maximum Gasteiger partial charge on any atom is 0.413 e. The number of carbonyl (C=O) groups is 3. The predicted molar refractivity (Wildman–Crippen MR) is 129 cm³/mol. The Kier molecular flexibility index (Phi) is 10.7. The first kappa shape index (κ1) is 28.3. The average molecular weight is 495 g/mol. The minimum Gasteiger partial charge on any atom is -0.494 e. The highest BCUT2D eigenvalue weighted by Crippen LogP contribution is 2.30. The lowest BCUT2D eigenvalue weighted by molar-refractivity contribution is -0.142. The summed E-state index contributed by atoms with van der Waals surface area (Å²) in [5.74, 6) is -2.37. The first-order chi connectivity index (χ1) is 16.8. The zero-order valence-corrected chi connectivity index (χ0v) is 20.9. The van der Waals surface area contributed by atoms with E-state index in [4.69, 9.17) is 9.47 Å². The lowest BCUT2D eigenvalue weighted by atomic mass is 10.1. The Morgan fingerprint density at radius 2 is 1.60 bits per heavy atom. The van der Waals surface area contributed by atoms with Gasteiger partial charge in [-0.3, -0.25) is 36.4 Å². The van der Waals surface area contributed by atoms with E-state index in [0.717, 1.165) is 17.7 Å². The third-order valence-corrected chi connectivity index (χ3v) is 6.02. The standard InChI is InChI=1S/C23H38N6O6/c1-5-6-7-8-9-10-15-34-18-13-11-17(12-14-18)19(30)27-28-20(31)22(24-2)16-35-23(25-3,26-4)29(22)21(32)33/h11-14,24-26H,5-10,15-16H2,1-4H3,(H,27,30)(H,28,31)(H,32,33)/t22-/m0/s1. The molecule has 0 unspecified atom stereocenters. The molecule has 1 aliphatic rings. The van der Waals surface area contributed by atoms with Gasteiger partial charge in [0.1, 0.15) is 5.75 Å². The lowest BCUT2D eigenvalue weighted by Crippen LogP contribution is -2.75. The van der Waals surface area contributed by atoms with E-state index in [0.29, 0.717) is 17.9 Å². The van der Waals surface area contributed by atoms with Gasteiger partial charge in [0.25, 0.3) is 17.8 Å². The molecule has 0 bridgehead atoms. The molecule has 12 heteroatoms. The van der Waals surface area contributed by atoms with Crippen LogP contribution in [0.15, 0.2) is 24.3 Å². The predicted octanol–water partition coefficient (Wildman–Crippen LogP) is 1.16. The number of hydrazine groups is 1. The summed E-state index contributed by atoms with van der Waals surface area (Å²) in [7, 11) is 4.39. The number of hydrogen-bond donors (Lipinski definition) is 6. The molecule has 3 amide bonds. The first-order valence-corrected chi connectivity index (χ1v) is 11.9. The van der Waals surface area contributed by atoms with Gasteiger partial charge in [0.15, 0.2) is 0 Å².